The number of nitrogens with one attached hydrogen (secondary N) is 1. The first-order chi connectivity index (χ1) is 14.5. The number of aromatic nitrogens is 1. The van der Waals surface area contributed by atoms with Gasteiger partial charge in [0.1, 0.15) is 11.2 Å². The second-order valence-corrected chi connectivity index (χ2v) is 9.74. The number of carbonyl (C=O) groups is 2. The summed E-state index contributed by atoms with van der Waals surface area (Å²) in [7, 11) is 0. The normalized spacial score (nSPS) is 22.3. The highest BCUT2D eigenvalue weighted by Crippen LogP contribution is 2.38. The first-order valence-electron chi connectivity index (χ1n) is 10.8. The summed E-state index contributed by atoms with van der Waals surface area (Å²) in [6, 6.07) is 12.0. The maximum absolute atomic E-state index is 13.8. The third-order valence-electron chi connectivity index (χ3n) is 6.69. The van der Waals surface area contributed by atoms with E-state index in [1.807, 2.05) is 60.2 Å². The molecule has 1 N–H and O–H groups in total. The molecule has 1 saturated carbocycles. The van der Waals surface area contributed by atoms with Gasteiger partial charge in [0, 0.05) is 11.7 Å². The molecule has 2 amide bonds. The Morgan fingerprint density at radius 2 is 1.93 bits per heavy atom. The van der Waals surface area contributed by atoms with E-state index < -0.39 is 5.54 Å². The number of benzene rings is 1. The van der Waals surface area contributed by atoms with E-state index in [9.17, 15) is 9.59 Å². The lowest BCUT2D eigenvalue weighted by atomic mass is 9.90. The van der Waals surface area contributed by atoms with Gasteiger partial charge in [-0.3, -0.25) is 14.5 Å². The molecule has 0 bridgehead atoms. The molecule has 3 heterocycles. The average Bonchev–Trinajstić information content (AvgIpc) is 3.33. The Hall–Kier alpha value is -2.60. The van der Waals surface area contributed by atoms with E-state index >= 15 is 0 Å². The predicted molar refractivity (Wildman–Crippen MR) is 121 cm³/mol. The monoisotopic (exact) mass is 421 g/mol. The molecule has 3 aromatic rings. The summed E-state index contributed by atoms with van der Waals surface area (Å²) in [5.74, 6) is -0.172. The van der Waals surface area contributed by atoms with E-state index in [-0.39, 0.29) is 17.9 Å². The molecule has 30 heavy (non-hydrogen) atoms. The van der Waals surface area contributed by atoms with Crippen LogP contribution in [0.2, 0.25) is 0 Å². The lowest BCUT2D eigenvalue weighted by Crippen LogP contribution is -2.65. The van der Waals surface area contributed by atoms with Gasteiger partial charge in [0.05, 0.1) is 16.8 Å². The maximum atomic E-state index is 13.8. The highest BCUT2D eigenvalue weighted by molar-refractivity contribution is 7.17. The van der Waals surface area contributed by atoms with Gasteiger partial charge in [-0.2, -0.15) is 0 Å². The summed E-state index contributed by atoms with van der Waals surface area (Å²) in [6.07, 6.45) is 5.58. The van der Waals surface area contributed by atoms with Crippen molar-refractivity contribution in [1.29, 1.82) is 0 Å². The second-order valence-electron chi connectivity index (χ2n) is 8.80. The molecule has 1 fully saturated rings. The fourth-order valence-corrected chi connectivity index (χ4v) is 5.81. The highest BCUT2D eigenvalue weighted by atomic mass is 32.1. The fraction of sp³-hybridized carbons (Fsp3) is 0.417. The Kier molecular flexibility index (Phi) is 4.69. The van der Waals surface area contributed by atoms with Crippen molar-refractivity contribution in [1.82, 2.24) is 9.88 Å². The fourth-order valence-electron chi connectivity index (χ4n) is 4.99. The van der Waals surface area contributed by atoms with E-state index in [0.717, 1.165) is 47.2 Å². The SMILES string of the molecule is Cc1ccccc1N1C(=O)c2cc3sccc3n2C[C@@]1(C)C(=O)NC1CCCCC1. The number of carbonyl (C=O) groups excluding carboxylic acids is 2. The molecular weight excluding hydrogens is 394 g/mol. The molecule has 0 saturated heterocycles. The molecule has 0 unspecified atom stereocenters. The topological polar surface area (TPSA) is 54.3 Å². The van der Waals surface area contributed by atoms with Crippen LogP contribution in [-0.2, 0) is 11.3 Å². The van der Waals surface area contributed by atoms with Crippen LogP contribution in [0.5, 0.6) is 0 Å². The number of hydrogen-bond donors (Lipinski definition) is 1. The Balaban J connectivity index is 1.61. The van der Waals surface area contributed by atoms with Gasteiger partial charge in [-0.05, 0) is 55.8 Å². The first kappa shape index (κ1) is 19.4. The zero-order valence-electron chi connectivity index (χ0n) is 17.5. The maximum Gasteiger partial charge on any atom is 0.275 e. The number of fused-ring (bicyclic) bond motifs is 3. The number of anilines is 1. The van der Waals surface area contributed by atoms with E-state index in [2.05, 4.69) is 5.32 Å². The van der Waals surface area contributed by atoms with Gasteiger partial charge >= 0.3 is 0 Å². The minimum absolute atomic E-state index is 0.0614. The van der Waals surface area contributed by atoms with Crippen LogP contribution in [0.25, 0.3) is 10.2 Å². The minimum atomic E-state index is -0.998. The van der Waals surface area contributed by atoms with Crippen LogP contribution in [0.4, 0.5) is 5.69 Å². The van der Waals surface area contributed by atoms with Crippen molar-refractivity contribution in [2.45, 2.75) is 64.1 Å². The van der Waals surface area contributed by atoms with Crippen LogP contribution in [0.1, 0.15) is 55.1 Å². The zero-order valence-corrected chi connectivity index (χ0v) is 18.3. The number of hydrogen-bond acceptors (Lipinski definition) is 3. The number of amides is 2. The summed E-state index contributed by atoms with van der Waals surface area (Å²) >= 11 is 1.63. The Morgan fingerprint density at radius 1 is 1.17 bits per heavy atom. The Morgan fingerprint density at radius 3 is 2.70 bits per heavy atom. The average molecular weight is 422 g/mol. The smallest absolute Gasteiger partial charge is 0.275 e. The van der Waals surface area contributed by atoms with Crippen molar-refractivity contribution in [3.05, 3.63) is 53.0 Å². The number of rotatable bonds is 3. The van der Waals surface area contributed by atoms with Gasteiger partial charge in [-0.1, -0.05) is 37.5 Å². The van der Waals surface area contributed by atoms with Gasteiger partial charge in [0.25, 0.3) is 5.91 Å². The zero-order chi connectivity index (χ0) is 20.9. The van der Waals surface area contributed by atoms with Gasteiger partial charge in [-0.25, -0.2) is 0 Å². The lowest BCUT2D eigenvalue weighted by molar-refractivity contribution is -0.127. The van der Waals surface area contributed by atoms with Crippen molar-refractivity contribution < 1.29 is 9.59 Å². The number of para-hydroxylation sites is 1. The van der Waals surface area contributed by atoms with Crippen LogP contribution < -0.4 is 10.2 Å². The summed E-state index contributed by atoms with van der Waals surface area (Å²) in [4.78, 5) is 29.2. The molecule has 1 aliphatic carbocycles. The van der Waals surface area contributed by atoms with Gasteiger partial charge in [0.2, 0.25) is 5.91 Å². The summed E-state index contributed by atoms with van der Waals surface area (Å²) in [5, 5.41) is 5.33. The molecule has 0 radical (unpaired) electrons. The minimum Gasteiger partial charge on any atom is -0.351 e. The van der Waals surface area contributed by atoms with Crippen LogP contribution in [-0.4, -0.2) is 28.0 Å². The Bertz CT molecular complexity index is 1120. The molecular formula is C24H27N3O2S. The van der Waals surface area contributed by atoms with Crippen molar-refractivity contribution in [2.75, 3.05) is 4.90 Å². The second kappa shape index (κ2) is 7.27. The first-order valence-corrected chi connectivity index (χ1v) is 11.6. The van der Waals surface area contributed by atoms with Crippen molar-refractivity contribution in [3.8, 4) is 0 Å². The van der Waals surface area contributed by atoms with Crippen molar-refractivity contribution >= 4 is 39.1 Å². The van der Waals surface area contributed by atoms with Crippen molar-refractivity contribution in [2.24, 2.45) is 0 Å². The molecule has 6 heteroatoms. The Labute approximate surface area is 180 Å². The molecule has 1 aromatic carbocycles. The lowest BCUT2D eigenvalue weighted by Gasteiger charge is -2.45. The summed E-state index contributed by atoms with van der Waals surface area (Å²) in [6.45, 7) is 4.35. The van der Waals surface area contributed by atoms with Crippen LogP contribution in [0, 0.1) is 6.92 Å². The standard InChI is InChI=1S/C24H27N3O2S/c1-16-8-6-7-11-18(16)27-22(28)20-14-21-19(12-13-30-21)26(20)15-24(27,2)23(29)25-17-9-4-3-5-10-17/h6-8,11-14,17H,3-5,9-10,15H2,1-2H3,(H,25,29)/t24-/m0/s1. The van der Waals surface area contributed by atoms with Crippen LogP contribution >= 0.6 is 11.3 Å². The number of thiophene rings is 1. The van der Waals surface area contributed by atoms with E-state index in [1.165, 1.54) is 6.42 Å². The van der Waals surface area contributed by atoms with Gasteiger partial charge in [-0.15, -0.1) is 11.3 Å². The van der Waals surface area contributed by atoms with Crippen molar-refractivity contribution in [3.63, 3.8) is 0 Å². The van der Waals surface area contributed by atoms with Crippen LogP contribution in [0.3, 0.4) is 0 Å². The van der Waals surface area contributed by atoms with E-state index in [0.29, 0.717) is 12.2 Å². The van der Waals surface area contributed by atoms with E-state index in [1.54, 1.807) is 16.2 Å². The van der Waals surface area contributed by atoms with E-state index in [4.69, 9.17) is 0 Å². The molecule has 156 valence electrons. The number of aryl methyl sites for hydroxylation is 1. The van der Waals surface area contributed by atoms with Gasteiger partial charge in [0.15, 0.2) is 0 Å². The molecule has 1 aliphatic heterocycles. The summed E-state index contributed by atoms with van der Waals surface area (Å²) < 4.78 is 3.11. The summed E-state index contributed by atoms with van der Waals surface area (Å²) in [5.41, 5.74) is 2.48. The third kappa shape index (κ3) is 2.97. The van der Waals surface area contributed by atoms with Gasteiger partial charge < -0.3 is 9.88 Å². The van der Waals surface area contributed by atoms with Crippen LogP contribution in [0.15, 0.2) is 41.8 Å². The molecule has 2 aliphatic rings. The third-order valence-corrected chi connectivity index (χ3v) is 7.54. The highest BCUT2D eigenvalue weighted by Gasteiger charge is 2.49. The number of nitrogens with zero attached hydrogens (tertiary/aromatic N) is 2. The predicted octanol–water partition coefficient (Wildman–Crippen LogP) is 4.88. The molecule has 1 atom stereocenters. The molecule has 5 rings (SSSR count). The molecule has 0 spiro atoms. The quantitative estimate of drug-likeness (QED) is 0.655. The molecule has 5 nitrogen and oxygen atoms in total. The largest absolute Gasteiger partial charge is 0.351 e. The molecule has 2 aromatic heterocycles.